The third-order valence-corrected chi connectivity index (χ3v) is 4.58. The van der Waals surface area contributed by atoms with Crippen LogP contribution in [0.5, 0.6) is 0 Å². The molecule has 17 heavy (non-hydrogen) atoms. The van der Waals surface area contributed by atoms with E-state index in [1.54, 1.807) is 0 Å². The molecule has 1 aliphatic carbocycles. The van der Waals surface area contributed by atoms with E-state index in [1.807, 2.05) is 0 Å². The number of rotatable bonds is 2. The van der Waals surface area contributed by atoms with E-state index in [0.29, 0.717) is 11.5 Å². The number of nitrogens with one attached hydrogen (secondary N) is 1. The lowest BCUT2D eigenvalue weighted by atomic mass is 9.66. The Balaban J connectivity index is 2.57. The van der Waals surface area contributed by atoms with Crippen molar-refractivity contribution in [2.75, 3.05) is 0 Å². The highest BCUT2D eigenvalue weighted by atomic mass is 15.2. The predicted octanol–water partition coefficient (Wildman–Crippen LogP) is 3.72. The Bertz CT molecular complexity index is 226. The van der Waals surface area contributed by atoms with Crippen LogP contribution in [-0.4, -0.2) is 6.04 Å². The van der Waals surface area contributed by atoms with E-state index in [4.69, 9.17) is 5.84 Å². The lowest BCUT2D eigenvalue weighted by Gasteiger charge is -2.43. The van der Waals surface area contributed by atoms with Gasteiger partial charge in [-0.05, 0) is 48.3 Å². The summed E-state index contributed by atoms with van der Waals surface area (Å²) in [6, 6.07) is 0.448. The standard InChI is InChI=1S/C15H32N2/c1-14(2,3)12-9-7-11(8-10-12)13(17-16)15(4,5)6/h11-13,17H,7-10,16H2,1-6H3. The Hall–Kier alpha value is -0.0800. The van der Waals surface area contributed by atoms with Crippen LogP contribution >= 0.6 is 0 Å². The van der Waals surface area contributed by atoms with Crippen molar-refractivity contribution >= 4 is 0 Å². The van der Waals surface area contributed by atoms with Gasteiger partial charge in [-0.15, -0.1) is 0 Å². The third kappa shape index (κ3) is 3.96. The number of hydrogen-bond donors (Lipinski definition) is 2. The van der Waals surface area contributed by atoms with Gasteiger partial charge in [0.05, 0.1) is 0 Å². The lowest BCUT2D eigenvalue weighted by molar-refractivity contribution is 0.0981. The number of hydrazine groups is 1. The molecular formula is C15H32N2. The molecule has 1 fully saturated rings. The summed E-state index contributed by atoms with van der Waals surface area (Å²) in [5.74, 6) is 7.40. The van der Waals surface area contributed by atoms with Crippen molar-refractivity contribution < 1.29 is 0 Å². The van der Waals surface area contributed by atoms with Gasteiger partial charge in [0.25, 0.3) is 0 Å². The Morgan fingerprint density at radius 3 is 1.71 bits per heavy atom. The molecule has 0 saturated heterocycles. The summed E-state index contributed by atoms with van der Waals surface area (Å²) in [5, 5.41) is 0. The maximum Gasteiger partial charge on any atom is 0.0287 e. The van der Waals surface area contributed by atoms with Crippen molar-refractivity contribution in [2.24, 2.45) is 28.5 Å². The molecule has 0 aromatic carbocycles. The Kier molecular flexibility index (Phi) is 4.65. The fourth-order valence-electron chi connectivity index (χ4n) is 3.41. The van der Waals surface area contributed by atoms with Crippen LogP contribution in [0.2, 0.25) is 0 Å². The fourth-order valence-corrected chi connectivity index (χ4v) is 3.41. The van der Waals surface area contributed by atoms with Crippen LogP contribution in [-0.2, 0) is 0 Å². The second-order valence-corrected chi connectivity index (χ2v) is 7.99. The minimum absolute atomic E-state index is 0.258. The van der Waals surface area contributed by atoms with Crippen molar-refractivity contribution in [3.63, 3.8) is 0 Å². The third-order valence-electron chi connectivity index (χ3n) is 4.58. The largest absolute Gasteiger partial charge is 0.271 e. The molecule has 0 aliphatic heterocycles. The van der Waals surface area contributed by atoms with Crippen LogP contribution in [0.3, 0.4) is 0 Å². The molecule has 0 spiro atoms. The van der Waals surface area contributed by atoms with Gasteiger partial charge < -0.3 is 0 Å². The minimum atomic E-state index is 0.258. The van der Waals surface area contributed by atoms with E-state index in [-0.39, 0.29) is 5.41 Å². The van der Waals surface area contributed by atoms with E-state index in [1.165, 1.54) is 25.7 Å². The van der Waals surface area contributed by atoms with Crippen molar-refractivity contribution in [3.8, 4) is 0 Å². The molecule has 2 nitrogen and oxygen atoms in total. The molecule has 102 valence electrons. The number of nitrogens with two attached hydrogens (primary N) is 1. The highest BCUT2D eigenvalue weighted by Gasteiger charge is 2.36. The van der Waals surface area contributed by atoms with Crippen molar-refractivity contribution in [1.82, 2.24) is 5.43 Å². The average molecular weight is 240 g/mol. The lowest BCUT2D eigenvalue weighted by Crippen LogP contribution is -2.50. The summed E-state index contributed by atoms with van der Waals surface area (Å²) < 4.78 is 0. The summed E-state index contributed by atoms with van der Waals surface area (Å²) >= 11 is 0. The zero-order valence-electron chi connectivity index (χ0n) is 12.6. The highest BCUT2D eigenvalue weighted by molar-refractivity contribution is 4.90. The quantitative estimate of drug-likeness (QED) is 0.570. The second kappa shape index (κ2) is 5.27. The van der Waals surface area contributed by atoms with Crippen LogP contribution in [0.4, 0.5) is 0 Å². The first-order valence-corrected chi connectivity index (χ1v) is 7.12. The van der Waals surface area contributed by atoms with E-state index < -0.39 is 0 Å². The van der Waals surface area contributed by atoms with Crippen molar-refractivity contribution in [2.45, 2.75) is 73.3 Å². The molecule has 0 heterocycles. The van der Waals surface area contributed by atoms with Gasteiger partial charge in [0.1, 0.15) is 0 Å². The molecule has 0 aromatic heterocycles. The smallest absolute Gasteiger partial charge is 0.0287 e. The monoisotopic (exact) mass is 240 g/mol. The van der Waals surface area contributed by atoms with Gasteiger partial charge >= 0.3 is 0 Å². The van der Waals surface area contributed by atoms with E-state index in [9.17, 15) is 0 Å². The van der Waals surface area contributed by atoms with Gasteiger partial charge in [0.2, 0.25) is 0 Å². The van der Waals surface area contributed by atoms with Crippen LogP contribution in [0, 0.1) is 22.7 Å². The van der Waals surface area contributed by atoms with Gasteiger partial charge in [-0.25, -0.2) is 0 Å². The van der Waals surface area contributed by atoms with Crippen molar-refractivity contribution in [1.29, 1.82) is 0 Å². The molecule has 1 aliphatic rings. The SMILES string of the molecule is CC(C)(C)C1CCC(C(NN)C(C)(C)C)CC1. The van der Waals surface area contributed by atoms with Gasteiger partial charge in [-0.3, -0.25) is 11.3 Å². The Morgan fingerprint density at radius 1 is 0.941 bits per heavy atom. The number of hydrogen-bond acceptors (Lipinski definition) is 2. The summed E-state index contributed by atoms with van der Waals surface area (Å²) in [4.78, 5) is 0. The summed E-state index contributed by atoms with van der Waals surface area (Å²) in [6.07, 6.45) is 5.38. The molecule has 1 rings (SSSR count). The molecule has 2 heteroatoms. The molecule has 3 N–H and O–H groups in total. The Morgan fingerprint density at radius 2 is 1.41 bits per heavy atom. The van der Waals surface area contributed by atoms with Crippen LogP contribution < -0.4 is 11.3 Å². The first kappa shape index (κ1) is 15.0. The molecule has 0 bridgehead atoms. The van der Waals surface area contributed by atoms with Crippen LogP contribution in [0.1, 0.15) is 67.2 Å². The summed E-state index contributed by atoms with van der Waals surface area (Å²) in [5.41, 5.74) is 3.79. The van der Waals surface area contributed by atoms with E-state index in [0.717, 1.165) is 11.8 Å². The molecule has 1 atom stereocenters. The van der Waals surface area contributed by atoms with Crippen LogP contribution in [0.25, 0.3) is 0 Å². The van der Waals surface area contributed by atoms with Gasteiger partial charge in [-0.1, -0.05) is 41.5 Å². The first-order valence-electron chi connectivity index (χ1n) is 7.12. The van der Waals surface area contributed by atoms with Gasteiger partial charge in [0, 0.05) is 6.04 Å². The second-order valence-electron chi connectivity index (χ2n) is 7.99. The molecule has 1 unspecified atom stereocenters. The Labute approximate surface area is 108 Å². The normalized spacial score (nSPS) is 29.1. The highest BCUT2D eigenvalue weighted by Crippen LogP contribution is 2.42. The molecular weight excluding hydrogens is 208 g/mol. The topological polar surface area (TPSA) is 38.0 Å². The zero-order valence-corrected chi connectivity index (χ0v) is 12.6. The summed E-state index contributed by atoms with van der Waals surface area (Å²) in [6.45, 7) is 14.0. The first-order chi connectivity index (χ1) is 7.66. The predicted molar refractivity (Wildman–Crippen MR) is 75.5 cm³/mol. The van der Waals surface area contributed by atoms with E-state index in [2.05, 4.69) is 47.0 Å². The van der Waals surface area contributed by atoms with Crippen molar-refractivity contribution in [3.05, 3.63) is 0 Å². The van der Waals surface area contributed by atoms with Gasteiger partial charge in [-0.2, -0.15) is 0 Å². The summed E-state index contributed by atoms with van der Waals surface area (Å²) in [7, 11) is 0. The maximum atomic E-state index is 5.76. The molecule has 1 saturated carbocycles. The fraction of sp³-hybridized carbons (Fsp3) is 1.00. The molecule has 0 amide bonds. The van der Waals surface area contributed by atoms with Crippen LogP contribution in [0.15, 0.2) is 0 Å². The average Bonchev–Trinajstić information content (AvgIpc) is 2.16. The van der Waals surface area contributed by atoms with Gasteiger partial charge in [0.15, 0.2) is 0 Å². The molecule has 0 radical (unpaired) electrons. The van der Waals surface area contributed by atoms with E-state index >= 15 is 0 Å². The zero-order chi connectivity index (χ0) is 13.3. The minimum Gasteiger partial charge on any atom is -0.271 e. The maximum absolute atomic E-state index is 5.76. The molecule has 0 aromatic rings.